The van der Waals surface area contributed by atoms with Crippen molar-refractivity contribution in [2.24, 2.45) is 0 Å². The normalized spacial score (nSPS) is 22.5. The molecular weight excluding hydrogens is 330 g/mol. The Hall–Kier alpha value is -2.50. The van der Waals surface area contributed by atoms with Crippen LogP contribution in [0.3, 0.4) is 0 Å². The second-order valence-electron chi connectivity index (χ2n) is 7.58. The molecule has 6 nitrogen and oxygen atoms in total. The molecule has 138 valence electrons. The lowest BCUT2D eigenvalue weighted by Crippen LogP contribution is -2.69. The Morgan fingerprint density at radius 1 is 1.35 bits per heavy atom. The fraction of sp³-hybridized carbons (Fsp3) is 0.500. The summed E-state index contributed by atoms with van der Waals surface area (Å²) in [5.41, 5.74) is 1.64. The number of hydrogen-bond acceptors (Lipinski definition) is 3. The number of hydrogen-bond donors (Lipinski definition) is 3. The van der Waals surface area contributed by atoms with Crippen LogP contribution < -0.4 is 16.0 Å². The van der Waals surface area contributed by atoms with E-state index in [0.717, 1.165) is 41.6 Å². The summed E-state index contributed by atoms with van der Waals surface area (Å²) in [6.45, 7) is 3.93. The maximum Gasteiger partial charge on any atom is 0.315 e. The number of carbonyl (C=O) groups is 2. The second kappa shape index (κ2) is 6.34. The van der Waals surface area contributed by atoms with Gasteiger partial charge in [0, 0.05) is 17.4 Å². The van der Waals surface area contributed by atoms with Crippen molar-refractivity contribution in [2.75, 3.05) is 0 Å². The van der Waals surface area contributed by atoms with Gasteiger partial charge in [0.1, 0.15) is 11.3 Å². The molecule has 6 heteroatoms. The minimum Gasteiger partial charge on any atom is -0.459 e. The minimum absolute atomic E-state index is 0.0158. The van der Waals surface area contributed by atoms with Crippen LogP contribution in [-0.4, -0.2) is 23.5 Å². The number of rotatable bonds is 3. The van der Waals surface area contributed by atoms with Crippen molar-refractivity contribution in [3.05, 3.63) is 35.6 Å². The van der Waals surface area contributed by atoms with Gasteiger partial charge < -0.3 is 20.4 Å². The first-order chi connectivity index (χ1) is 12.5. The molecule has 3 N–H and O–H groups in total. The third-order valence-electron chi connectivity index (χ3n) is 5.89. The zero-order chi connectivity index (χ0) is 18.3. The van der Waals surface area contributed by atoms with Crippen LogP contribution in [0.4, 0.5) is 4.79 Å². The van der Waals surface area contributed by atoms with E-state index in [1.807, 2.05) is 38.1 Å². The highest BCUT2D eigenvalue weighted by molar-refractivity contribution is 5.83. The van der Waals surface area contributed by atoms with Crippen LogP contribution in [0.5, 0.6) is 0 Å². The predicted octanol–water partition coefficient (Wildman–Crippen LogP) is 3.30. The van der Waals surface area contributed by atoms with Crippen LogP contribution in [0, 0.1) is 6.92 Å². The maximum absolute atomic E-state index is 12.6. The number of carbonyl (C=O) groups excluding carboxylic acids is 2. The number of piperidine rings is 1. The van der Waals surface area contributed by atoms with Gasteiger partial charge in [-0.15, -0.1) is 0 Å². The fourth-order valence-electron chi connectivity index (χ4n) is 4.29. The highest BCUT2D eigenvalue weighted by Crippen LogP contribution is 2.39. The largest absolute Gasteiger partial charge is 0.459 e. The van der Waals surface area contributed by atoms with Crippen molar-refractivity contribution >= 4 is 22.9 Å². The van der Waals surface area contributed by atoms with Crippen molar-refractivity contribution in [3.8, 4) is 0 Å². The molecule has 0 bridgehead atoms. The summed E-state index contributed by atoms with van der Waals surface area (Å²) >= 11 is 0. The molecule has 26 heavy (non-hydrogen) atoms. The number of urea groups is 1. The third-order valence-corrected chi connectivity index (χ3v) is 5.89. The lowest BCUT2D eigenvalue weighted by molar-refractivity contribution is -0.127. The molecule has 3 amide bonds. The molecule has 4 rings (SSSR count). The zero-order valence-corrected chi connectivity index (χ0v) is 15.2. The van der Waals surface area contributed by atoms with Crippen LogP contribution in [0.1, 0.15) is 56.4 Å². The van der Waals surface area contributed by atoms with Gasteiger partial charge in [-0.3, -0.25) is 4.79 Å². The average Bonchev–Trinajstić information content (AvgIpc) is 2.92. The number of nitrogens with one attached hydrogen (secondary N) is 3. The van der Waals surface area contributed by atoms with Gasteiger partial charge in [0.15, 0.2) is 0 Å². The number of aryl methyl sites for hydroxylation is 1. The van der Waals surface area contributed by atoms with E-state index in [9.17, 15) is 9.59 Å². The molecular formula is C20H25N3O3. The van der Waals surface area contributed by atoms with E-state index in [-0.39, 0.29) is 29.6 Å². The van der Waals surface area contributed by atoms with E-state index < -0.39 is 0 Å². The Labute approximate surface area is 152 Å². The average molecular weight is 355 g/mol. The van der Waals surface area contributed by atoms with Crippen molar-refractivity contribution < 1.29 is 14.0 Å². The van der Waals surface area contributed by atoms with E-state index >= 15 is 0 Å². The van der Waals surface area contributed by atoms with Crippen molar-refractivity contribution in [1.82, 2.24) is 16.0 Å². The Morgan fingerprint density at radius 2 is 2.12 bits per heavy atom. The highest BCUT2D eigenvalue weighted by Gasteiger charge is 2.48. The van der Waals surface area contributed by atoms with Crippen LogP contribution in [-0.2, 0) is 4.79 Å². The number of para-hydroxylation sites is 1. The van der Waals surface area contributed by atoms with Crippen molar-refractivity contribution in [1.29, 1.82) is 0 Å². The summed E-state index contributed by atoms with van der Waals surface area (Å²) in [6.07, 6.45) is 4.11. The maximum atomic E-state index is 12.6. The first-order valence-electron chi connectivity index (χ1n) is 9.34. The molecule has 1 saturated carbocycles. The Morgan fingerprint density at radius 3 is 2.81 bits per heavy atom. The first-order valence-corrected chi connectivity index (χ1v) is 9.34. The van der Waals surface area contributed by atoms with Gasteiger partial charge in [-0.2, -0.15) is 0 Å². The Kier molecular flexibility index (Phi) is 4.13. The van der Waals surface area contributed by atoms with Gasteiger partial charge in [0.2, 0.25) is 5.91 Å². The van der Waals surface area contributed by atoms with Crippen molar-refractivity contribution in [3.63, 3.8) is 0 Å². The standard InChI is InChI=1S/C20H25N3O3/c1-12-14-6-3-4-7-15(14)26-18(12)13(2)21-19(25)22-16-8-9-17(24)23-20(16)10-5-11-20/h3-4,6-7,13,16H,5,8-11H2,1-2H3,(H,23,24)(H2,21,22,25)/t13-,16?/m1/s1. The molecule has 2 aromatic rings. The predicted molar refractivity (Wildman–Crippen MR) is 98.8 cm³/mol. The van der Waals surface area contributed by atoms with Gasteiger partial charge in [-0.1, -0.05) is 18.2 Å². The minimum atomic E-state index is -0.245. The Bertz CT molecular complexity index is 853. The third kappa shape index (κ3) is 2.83. The molecule has 2 heterocycles. The van der Waals surface area contributed by atoms with E-state index in [1.54, 1.807) is 0 Å². The van der Waals surface area contributed by atoms with Gasteiger partial charge in [-0.25, -0.2) is 4.79 Å². The molecule has 1 saturated heterocycles. The molecule has 1 spiro atoms. The molecule has 1 aliphatic carbocycles. The molecule has 1 aliphatic heterocycles. The molecule has 2 aliphatic rings. The van der Waals surface area contributed by atoms with Gasteiger partial charge >= 0.3 is 6.03 Å². The zero-order valence-electron chi connectivity index (χ0n) is 15.2. The fourth-order valence-corrected chi connectivity index (χ4v) is 4.29. The van der Waals surface area contributed by atoms with E-state index in [0.29, 0.717) is 12.8 Å². The van der Waals surface area contributed by atoms with Crippen LogP contribution in [0.15, 0.2) is 28.7 Å². The SMILES string of the molecule is Cc1c([C@@H](C)NC(=O)NC2CCC(=O)NC23CCC3)oc2ccccc12. The summed E-state index contributed by atoms with van der Waals surface area (Å²) < 4.78 is 5.94. The monoisotopic (exact) mass is 355 g/mol. The van der Waals surface area contributed by atoms with Gasteiger partial charge in [0.05, 0.1) is 17.6 Å². The summed E-state index contributed by atoms with van der Waals surface area (Å²) in [4.78, 5) is 24.3. The van der Waals surface area contributed by atoms with E-state index in [1.165, 1.54) is 0 Å². The molecule has 1 aromatic heterocycles. The summed E-state index contributed by atoms with van der Waals surface area (Å²) in [6, 6.07) is 7.41. The quantitative estimate of drug-likeness (QED) is 0.790. The summed E-state index contributed by atoms with van der Waals surface area (Å²) in [5, 5.41) is 10.2. The van der Waals surface area contributed by atoms with Crippen LogP contribution in [0.25, 0.3) is 11.0 Å². The Balaban J connectivity index is 1.44. The van der Waals surface area contributed by atoms with Crippen molar-refractivity contribution in [2.45, 2.75) is 63.6 Å². The van der Waals surface area contributed by atoms with Gasteiger partial charge in [-0.05, 0) is 45.6 Å². The smallest absolute Gasteiger partial charge is 0.315 e. The lowest BCUT2D eigenvalue weighted by atomic mass is 9.68. The summed E-state index contributed by atoms with van der Waals surface area (Å²) in [5.74, 6) is 0.867. The number of benzene rings is 1. The lowest BCUT2D eigenvalue weighted by Gasteiger charge is -2.50. The number of furan rings is 1. The molecule has 1 unspecified atom stereocenters. The van der Waals surface area contributed by atoms with E-state index in [2.05, 4.69) is 16.0 Å². The van der Waals surface area contributed by atoms with Crippen LogP contribution >= 0.6 is 0 Å². The molecule has 1 aromatic carbocycles. The van der Waals surface area contributed by atoms with Crippen LogP contribution in [0.2, 0.25) is 0 Å². The van der Waals surface area contributed by atoms with E-state index in [4.69, 9.17) is 4.42 Å². The second-order valence-corrected chi connectivity index (χ2v) is 7.58. The first kappa shape index (κ1) is 16.9. The molecule has 2 atom stereocenters. The highest BCUT2D eigenvalue weighted by atomic mass is 16.3. The number of fused-ring (bicyclic) bond motifs is 1. The number of amides is 3. The molecule has 0 radical (unpaired) electrons. The van der Waals surface area contributed by atoms with Gasteiger partial charge in [0.25, 0.3) is 0 Å². The molecule has 2 fully saturated rings. The summed E-state index contributed by atoms with van der Waals surface area (Å²) in [7, 11) is 0. The topological polar surface area (TPSA) is 83.4 Å².